The number of para-hydroxylation sites is 1. The number of hydrogen-bond donors (Lipinski definition) is 1. The van der Waals surface area contributed by atoms with Gasteiger partial charge >= 0.3 is 0 Å². The van der Waals surface area contributed by atoms with Crippen molar-refractivity contribution in [3.8, 4) is 11.5 Å². The highest BCUT2D eigenvalue weighted by Gasteiger charge is 2.24. The summed E-state index contributed by atoms with van der Waals surface area (Å²) >= 11 is 6.07. The summed E-state index contributed by atoms with van der Waals surface area (Å²) in [4.78, 5) is 14.8. The van der Waals surface area contributed by atoms with E-state index in [0.29, 0.717) is 23.9 Å². The van der Waals surface area contributed by atoms with Crippen molar-refractivity contribution in [2.75, 3.05) is 33.4 Å². The first-order valence-corrected chi connectivity index (χ1v) is 10.1. The first-order chi connectivity index (χ1) is 13.7. The number of ether oxygens (including phenoxy) is 2. The van der Waals surface area contributed by atoms with Crippen LogP contribution in [0.5, 0.6) is 11.5 Å². The van der Waals surface area contributed by atoms with Crippen molar-refractivity contribution < 1.29 is 14.3 Å². The van der Waals surface area contributed by atoms with Gasteiger partial charge in [0.25, 0.3) is 0 Å². The van der Waals surface area contributed by atoms with Crippen molar-refractivity contribution in [1.29, 1.82) is 0 Å². The summed E-state index contributed by atoms with van der Waals surface area (Å²) in [5.74, 6) is 1.41. The van der Waals surface area contributed by atoms with Crippen molar-refractivity contribution in [1.82, 2.24) is 10.2 Å². The second-order valence-electron chi connectivity index (χ2n) is 6.87. The Kier molecular flexibility index (Phi) is 7.57. The van der Waals surface area contributed by atoms with E-state index in [1.54, 1.807) is 19.2 Å². The third kappa shape index (κ3) is 5.63. The fraction of sp³-hybridized carbons (Fsp3) is 0.409. The average Bonchev–Trinajstić information content (AvgIpc) is 3.24. The van der Waals surface area contributed by atoms with E-state index in [9.17, 15) is 4.79 Å². The predicted octanol–water partition coefficient (Wildman–Crippen LogP) is 4.07. The molecule has 1 atom stereocenters. The van der Waals surface area contributed by atoms with Crippen molar-refractivity contribution in [2.24, 2.45) is 0 Å². The predicted molar refractivity (Wildman–Crippen MR) is 111 cm³/mol. The molecule has 6 heteroatoms. The molecule has 5 nitrogen and oxygen atoms in total. The maximum absolute atomic E-state index is 12.3. The van der Waals surface area contributed by atoms with Crippen LogP contribution in [0.3, 0.4) is 0 Å². The molecule has 1 amide bonds. The second-order valence-corrected chi connectivity index (χ2v) is 7.28. The van der Waals surface area contributed by atoms with Crippen molar-refractivity contribution in [2.45, 2.75) is 25.3 Å². The largest absolute Gasteiger partial charge is 0.497 e. The number of amides is 1. The molecular formula is C22H27ClN2O3. The lowest BCUT2D eigenvalue weighted by Crippen LogP contribution is -2.37. The number of nitrogens with zero attached hydrogens (tertiary/aromatic N) is 1. The molecule has 1 aliphatic rings. The molecule has 0 aromatic heterocycles. The number of likely N-dealkylation sites (tertiary alicyclic amines) is 1. The van der Waals surface area contributed by atoms with E-state index in [1.807, 2.05) is 24.3 Å². The van der Waals surface area contributed by atoms with Gasteiger partial charge in [0, 0.05) is 6.54 Å². The summed E-state index contributed by atoms with van der Waals surface area (Å²) in [5, 5.41) is 3.61. The number of methoxy groups -OCH3 is 1. The van der Waals surface area contributed by atoms with Crippen molar-refractivity contribution >= 4 is 17.5 Å². The lowest BCUT2D eigenvalue weighted by molar-refractivity contribution is -0.121. The summed E-state index contributed by atoms with van der Waals surface area (Å²) in [6.45, 7) is 2.96. The molecule has 28 heavy (non-hydrogen) atoms. The average molecular weight is 403 g/mol. The van der Waals surface area contributed by atoms with Crippen LogP contribution >= 0.6 is 11.6 Å². The van der Waals surface area contributed by atoms with Gasteiger partial charge in [-0.2, -0.15) is 0 Å². The number of carbonyl (C=O) groups is 1. The fourth-order valence-corrected chi connectivity index (χ4v) is 3.66. The lowest BCUT2D eigenvalue weighted by Gasteiger charge is -2.28. The van der Waals surface area contributed by atoms with Gasteiger partial charge in [0.05, 0.1) is 31.2 Å². The van der Waals surface area contributed by atoms with Gasteiger partial charge in [0.15, 0.2) is 0 Å². The van der Waals surface area contributed by atoms with E-state index < -0.39 is 0 Å². The minimum absolute atomic E-state index is 0.0286. The second kappa shape index (κ2) is 10.3. The standard InChI is InChI=1S/C22H27ClN2O3/c1-27-18-8-6-7-17(15-18)20(25-12-4-5-13-25)16-24-22(26)11-14-28-21-10-3-2-9-19(21)23/h2-3,6-10,15,20H,4-5,11-14,16H2,1H3,(H,24,26). The van der Waals surface area contributed by atoms with E-state index in [4.69, 9.17) is 21.1 Å². The van der Waals surface area contributed by atoms with E-state index in [0.717, 1.165) is 24.4 Å². The monoisotopic (exact) mass is 402 g/mol. The quantitative estimate of drug-likeness (QED) is 0.686. The van der Waals surface area contributed by atoms with Gasteiger partial charge in [-0.3, -0.25) is 9.69 Å². The minimum atomic E-state index is -0.0286. The minimum Gasteiger partial charge on any atom is -0.497 e. The van der Waals surface area contributed by atoms with Crippen molar-refractivity contribution in [3.05, 3.63) is 59.1 Å². The third-order valence-electron chi connectivity index (χ3n) is 4.98. The molecule has 150 valence electrons. The molecular weight excluding hydrogens is 376 g/mol. The Bertz CT molecular complexity index is 778. The van der Waals surface area contributed by atoms with Crippen LogP contribution in [0.2, 0.25) is 5.02 Å². The normalized spacial score (nSPS) is 15.2. The van der Waals surface area contributed by atoms with Crippen LogP contribution in [-0.2, 0) is 4.79 Å². The van der Waals surface area contributed by atoms with Gasteiger partial charge < -0.3 is 14.8 Å². The third-order valence-corrected chi connectivity index (χ3v) is 5.29. The number of hydrogen-bond acceptors (Lipinski definition) is 4. The lowest BCUT2D eigenvalue weighted by atomic mass is 10.0. The SMILES string of the molecule is COc1cccc(C(CNC(=O)CCOc2ccccc2Cl)N2CCCC2)c1. The summed E-state index contributed by atoms with van der Waals surface area (Å²) in [5.41, 5.74) is 1.16. The number of nitrogens with one attached hydrogen (secondary N) is 1. The summed E-state index contributed by atoms with van der Waals surface area (Å²) in [6, 6.07) is 15.5. The van der Waals surface area contributed by atoms with E-state index in [2.05, 4.69) is 22.3 Å². The Balaban J connectivity index is 1.54. The van der Waals surface area contributed by atoms with Crippen LogP contribution in [0.4, 0.5) is 0 Å². The van der Waals surface area contributed by atoms with Gasteiger partial charge in [-0.25, -0.2) is 0 Å². The zero-order valence-electron chi connectivity index (χ0n) is 16.2. The number of benzene rings is 2. The Labute approximate surface area is 171 Å². The van der Waals surface area contributed by atoms with Gasteiger partial charge in [0.2, 0.25) is 5.91 Å². The van der Waals surface area contributed by atoms with E-state index in [-0.39, 0.29) is 18.4 Å². The Morgan fingerprint density at radius 2 is 1.96 bits per heavy atom. The number of carbonyl (C=O) groups excluding carboxylic acids is 1. The Morgan fingerprint density at radius 1 is 1.18 bits per heavy atom. The van der Waals surface area contributed by atoms with Gasteiger partial charge in [-0.1, -0.05) is 35.9 Å². The fourth-order valence-electron chi connectivity index (χ4n) is 3.47. The van der Waals surface area contributed by atoms with Crippen LogP contribution < -0.4 is 14.8 Å². The molecule has 0 saturated carbocycles. The molecule has 2 aromatic carbocycles. The summed E-state index contributed by atoms with van der Waals surface area (Å²) in [7, 11) is 1.67. The molecule has 1 aliphatic heterocycles. The van der Waals surface area contributed by atoms with Crippen LogP contribution in [-0.4, -0.2) is 44.2 Å². The molecule has 1 N–H and O–H groups in total. The maximum atomic E-state index is 12.3. The first-order valence-electron chi connectivity index (χ1n) is 9.69. The maximum Gasteiger partial charge on any atom is 0.223 e. The number of halogens is 1. The van der Waals surface area contributed by atoms with Crippen LogP contribution in [0.25, 0.3) is 0 Å². The molecule has 1 heterocycles. The zero-order chi connectivity index (χ0) is 19.8. The smallest absolute Gasteiger partial charge is 0.223 e. The highest BCUT2D eigenvalue weighted by Crippen LogP contribution is 2.27. The molecule has 0 spiro atoms. The molecule has 1 saturated heterocycles. The first kappa shape index (κ1) is 20.5. The van der Waals surface area contributed by atoms with Crippen molar-refractivity contribution in [3.63, 3.8) is 0 Å². The molecule has 1 fully saturated rings. The Hall–Kier alpha value is -2.24. The van der Waals surface area contributed by atoms with Gasteiger partial charge in [0.1, 0.15) is 11.5 Å². The topological polar surface area (TPSA) is 50.8 Å². The highest BCUT2D eigenvalue weighted by molar-refractivity contribution is 6.32. The molecule has 0 radical (unpaired) electrons. The summed E-state index contributed by atoms with van der Waals surface area (Å²) in [6.07, 6.45) is 2.68. The Morgan fingerprint density at radius 3 is 2.71 bits per heavy atom. The zero-order valence-corrected chi connectivity index (χ0v) is 17.0. The number of rotatable bonds is 9. The van der Waals surface area contributed by atoms with Crippen LogP contribution in [0, 0.1) is 0 Å². The van der Waals surface area contributed by atoms with Crippen LogP contribution in [0.15, 0.2) is 48.5 Å². The molecule has 1 unspecified atom stereocenters. The van der Waals surface area contributed by atoms with Gasteiger partial charge in [-0.15, -0.1) is 0 Å². The summed E-state index contributed by atoms with van der Waals surface area (Å²) < 4.78 is 11.0. The molecule has 0 bridgehead atoms. The van der Waals surface area contributed by atoms with E-state index in [1.165, 1.54) is 12.8 Å². The molecule has 2 aromatic rings. The van der Waals surface area contributed by atoms with E-state index >= 15 is 0 Å². The van der Waals surface area contributed by atoms with Gasteiger partial charge in [-0.05, 0) is 55.8 Å². The molecule has 3 rings (SSSR count). The molecule has 0 aliphatic carbocycles. The van der Waals surface area contributed by atoms with Crippen LogP contribution in [0.1, 0.15) is 30.9 Å². The highest BCUT2D eigenvalue weighted by atomic mass is 35.5.